The van der Waals surface area contributed by atoms with Gasteiger partial charge in [-0.3, -0.25) is 4.79 Å². The fourth-order valence-electron chi connectivity index (χ4n) is 5.01. The van der Waals surface area contributed by atoms with Crippen LogP contribution in [0.1, 0.15) is 31.2 Å². The SMILES string of the molecule is O=C(NCc1ccc(S(=O)(=O)C2CCN(C3CCOCC3)CC2)cc1)C1=CN2CCN=C2N=C1. The van der Waals surface area contributed by atoms with E-state index in [0.29, 0.717) is 48.4 Å². The molecule has 0 unspecified atom stereocenters. The molecule has 9 nitrogen and oxygen atoms in total. The van der Waals surface area contributed by atoms with Crippen molar-refractivity contribution in [3.63, 3.8) is 0 Å². The van der Waals surface area contributed by atoms with Crippen molar-refractivity contribution < 1.29 is 17.9 Å². The predicted octanol–water partition coefficient (Wildman–Crippen LogP) is 1.36. The number of hydrogen-bond donors (Lipinski definition) is 1. The topological polar surface area (TPSA) is 104 Å². The van der Waals surface area contributed by atoms with Crippen molar-refractivity contribution in [2.75, 3.05) is 39.4 Å². The van der Waals surface area contributed by atoms with Gasteiger partial charge in [0.15, 0.2) is 9.84 Å². The van der Waals surface area contributed by atoms with Gasteiger partial charge in [-0.15, -0.1) is 0 Å². The number of carbonyl (C=O) groups is 1. The zero-order valence-electron chi connectivity index (χ0n) is 19.2. The summed E-state index contributed by atoms with van der Waals surface area (Å²) in [4.78, 5) is 25.6. The minimum absolute atomic E-state index is 0.220. The van der Waals surface area contributed by atoms with Crippen molar-refractivity contribution >= 4 is 27.9 Å². The lowest BCUT2D eigenvalue weighted by atomic mass is 10.0. The van der Waals surface area contributed by atoms with Gasteiger partial charge in [-0.05, 0) is 56.5 Å². The molecular weight excluding hydrogens is 454 g/mol. The molecule has 0 saturated carbocycles. The van der Waals surface area contributed by atoms with E-state index in [0.717, 1.165) is 51.3 Å². The molecule has 2 fully saturated rings. The van der Waals surface area contributed by atoms with Gasteiger partial charge in [-0.1, -0.05) is 12.1 Å². The van der Waals surface area contributed by atoms with Crippen molar-refractivity contribution in [1.82, 2.24) is 15.1 Å². The Morgan fingerprint density at radius 1 is 1.06 bits per heavy atom. The highest BCUT2D eigenvalue weighted by atomic mass is 32.2. The van der Waals surface area contributed by atoms with Crippen LogP contribution in [0.5, 0.6) is 0 Å². The third-order valence-electron chi connectivity index (χ3n) is 7.05. The molecule has 4 aliphatic rings. The number of sulfone groups is 1. The normalized spacial score (nSPS) is 22.3. The second-order valence-electron chi connectivity index (χ2n) is 9.17. The molecule has 0 bridgehead atoms. The molecule has 4 aliphatic heterocycles. The number of amides is 1. The van der Waals surface area contributed by atoms with Gasteiger partial charge >= 0.3 is 0 Å². The molecule has 0 spiro atoms. The maximum Gasteiger partial charge on any atom is 0.254 e. The number of aliphatic imine (C=N–C) groups is 2. The fourth-order valence-corrected chi connectivity index (χ4v) is 6.74. The lowest BCUT2D eigenvalue weighted by Crippen LogP contribution is -2.46. The van der Waals surface area contributed by atoms with E-state index in [1.54, 1.807) is 30.5 Å². The summed E-state index contributed by atoms with van der Waals surface area (Å²) in [5.74, 6) is 0.422. The molecule has 1 N–H and O–H groups in total. The van der Waals surface area contributed by atoms with Gasteiger partial charge in [-0.25, -0.2) is 18.4 Å². The first-order valence-corrected chi connectivity index (χ1v) is 13.6. The Labute approximate surface area is 200 Å². The highest BCUT2D eigenvalue weighted by molar-refractivity contribution is 7.92. The van der Waals surface area contributed by atoms with Gasteiger partial charge < -0.3 is 19.9 Å². The van der Waals surface area contributed by atoms with Gasteiger partial charge in [0.05, 0.1) is 22.3 Å². The van der Waals surface area contributed by atoms with Gasteiger partial charge in [0.2, 0.25) is 5.96 Å². The summed E-state index contributed by atoms with van der Waals surface area (Å²) in [7, 11) is -3.37. The van der Waals surface area contributed by atoms with Crippen LogP contribution in [-0.2, 0) is 25.9 Å². The molecule has 1 aromatic rings. The zero-order valence-corrected chi connectivity index (χ0v) is 20.0. The van der Waals surface area contributed by atoms with Gasteiger partial charge in [0.1, 0.15) is 0 Å². The first-order valence-electron chi connectivity index (χ1n) is 12.0. The third kappa shape index (κ3) is 4.94. The van der Waals surface area contributed by atoms with Gasteiger partial charge in [-0.2, -0.15) is 0 Å². The van der Waals surface area contributed by atoms with Crippen molar-refractivity contribution in [2.45, 2.75) is 48.4 Å². The van der Waals surface area contributed by atoms with Crippen LogP contribution < -0.4 is 5.32 Å². The van der Waals surface area contributed by atoms with Crippen LogP contribution in [0.2, 0.25) is 0 Å². The Bertz CT molecular complexity index is 1100. The third-order valence-corrected chi connectivity index (χ3v) is 9.33. The van der Waals surface area contributed by atoms with Crippen LogP contribution in [0.15, 0.2) is 50.9 Å². The lowest BCUT2D eigenvalue weighted by molar-refractivity contribution is -0.117. The zero-order chi connectivity index (χ0) is 23.5. The van der Waals surface area contributed by atoms with E-state index < -0.39 is 9.84 Å². The number of ether oxygens (including phenoxy) is 1. The number of carbonyl (C=O) groups excluding carboxylic acids is 1. The van der Waals surface area contributed by atoms with E-state index in [1.807, 2.05) is 4.90 Å². The van der Waals surface area contributed by atoms with Crippen LogP contribution in [0, 0.1) is 0 Å². The van der Waals surface area contributed by atoms with Crippen molar-refractivity contribution in [3.05, 3.63) is 41.6 Å². The predicted molar refractivity (Wildman–Crippen MR) is 129 cm³/mol. The van der Waals surface area contributed by atoms with E-state index in [1.165, 1.54) is 6.21 Å². The highest BCUT2D eigenvalue weighted by Crippen LogP contribution is 2.27. The van der Waals surface area contributed by atoms with E-state index in [2.05, 4.69) is 20.2 Å². The van der Waals surface area contributed by atoms with Crippen LogP contribution in [-0.4, -0.2) is 87.0 Å². The maximum atomic E-state index is 13.2. The number of piperidine rings is 1. The van der Waals surface area contributed by atoms with E-state index >= 15 is 0 Å². The number of guanidine groups is 1. The molecule has 0 radical (unpaired) electrons. The standard InChI is InChI=1S/C24H31N5O4S/c30-23(19-16-27-24-25-9-12-29(24)17-19)26-15-18-1-3-21(4-2-18)34(31,32)22-5-10-28(11-6-22)20-7-13-33-14-8-20/h1-4,16-17,20,22H,5-15H2,(H,26,30). The number of hydrogen-bond acceptors (Lipinski definition) is 8. The quantitative estimate of drug-likeness (QED) is 0.653. The van der Waals surface area contributed by atoms with E-state index in [4.69, 9.17) is 4.74 Å². The maximum absolute atomic E-state index is 13.2. The Balaban J connectivity index is 1.14. The highest BCUT2D eigenvalue weighted by Gasteiger charge is 2.33. The molecule has 182 valence electrons. The number of nitrogens with one attached hydrogen (secondary N) is 1. The molecule has 1 aromatic carbocycles. The first-order chi connectivity index (χ1) is 16.5. The molecule has 1 amide bonds. The molecule has 0 atom stereocenters. The summed E-state index contributed by atoms with van der Waals surface area (Å²) in [6, 6.07) is 7.40. The molecule has 34 heavy (non-hydrogen) atoms. The minimum Gasteiger partial charge on any atom is -0.381 e. The smallest absolute Gasteiger partial charge is 0.254 e. The molecule has 5 rings (SSSR count). The minimum atomic E-state index is -3.37. The Hall–Kier alpha value is -2.56. The summed E-state index contributed by atoms with van der Waals surface area (Å²) in [5.41, 5.74) is 1.32. The Morgan fingerprint density at radius 2 is 1.79 bits per heavy atom. The van der Waals surface area contributed by atoms with Crippen LogP contribution in [0.4, 0.5) is 0 Å². The van der Waals surface area contributed by atoms with Crippen molar-refractivity contribution in [3.8, 4) is 0 Å². The largest absolute Gasteiger partial charge is 0.381 e. The van der Waals surface area contributed by atoms with E-state index in [-0.39, 0.29) is 11.2 Å². The van der Waals surface area contributed by atoms with Crippen LogP contribution >= 0.6 is 0 Å². The van der Waals surface area contributed by atoms with Crippen molar-refractivity contribution in [2.24, 2.45) is 9.98 Å². The van der Waals surface area contributed by atoms with Gasteiger partial charge in [0.25, 0.3) is 5.91 Å². The Kier molecular flexibility index (Phi) is 6.80. The van der Waals surface area contributed by atoms with Gasteiger partial charge in [0, 0.05) is 44.8 Å². The molecule has 0 aliphatic carbocycles. The summed E-state index contributed by atoms with van der Waals surface area (Å²) >= 11 is 0. The Morgan fingerprint density at radius 3 is 2.53 bits per heavy atom. The van der Waals surface area contributed by atoms with Crippen molar-refractivity contribution in [1.29, 1.82) is 0 Å². The number of nitrogens with zero attached hydrogens (tertiary/aromatic N) is 4. The second-order valence-corrected chi connectivity index (χ2v) is 11.4. The van der Waals surface area contributed by atoms with E-state index in [9.17, 15) is 13.2 Å². The summed E-state index contributed by atoms with van der Waals surface area (Å²) in [5, 5.41) is 2.54. The molecular formula is C24H31N5O4S. The number of benzene rings is 1. The van der Waals surface area contributed by atoms with Crippen LogP contribution in [0.3, 0.4) is 0 Å². The summed E-state index contributed by atoms with van der Waals surface area (Å²) in [6.45, 7) is 4.97. The molecule has 4 heterocycles. The average Bonchev–Trinajstić information content (AvgIpc) is 3.36. The second kappa shape index (κ2) is 9.97. The summed E-state index contributed by atoms with van der Waals surface area (Å²) < 4.78 is 31.8. The van der Waals surface area contributed by atoms with Crippen LogP contribution in [0.25, 0.3) is 0 Å². The lowest BCUT2D eigenvalue weighted by Gasteiger charge is -2.39. The molecule has 0 aromatic heterocycles. The average molecular weight is 486 g/mol. The summed E-state index contributed by atoms with van der Waals surface area (Å²) in [6.07, 6.45) is 6.69. The molecule has 2 saturated heterocycles. The number of rotatable bonds is 6. The first kappa shape index (κ1) is 23.2. The molecule has 10 heteroatoms. The fraction of sp³-hybridized carbons (Fsp3) is 0.542. The number of fused-ring (bicyclic) bond motifs is 1. The number of likely N-dealkylation sites (tertiary alicyclic amines) is 1. The monoisotopic (exact) mass is 485 g/mol.